The van der Waals surface area contributed by atoms with Crippen molar-refractivity contribution in [2.24, 2.45) is 0 Å². The molecule has 5 nitrogen and oxygen atoms in total. The van der Waals surface area contributed by atoms with Gasteiger partial charge in [-0.15, -0.1) is 0 Å². The van der Waals surface area contributed by atoms with Gasteiger partial charge in [-0.3, -0.25) is 4.79 Å². The molecule has 0 heterocycles. The lowest BCUT2D eigenvalue weighted by molar-refractivity contribution is -0.00293. The minimum Gasteiger partial charge on any atom is -0.504 e. The Kier molecular flexibility index (Phi) is 3.57. The van der Waals surface area contributed by atoms with Crippen molar-refractivity contribution < 1.29 is 20.1 Å². The van der Waals surface area contributed by atoms with Crippen LogP contribution in [0.1, 0.15) is 38.1 Å². The summed E-state index contributed by atoms with van der Waals surface area (Å²) >= 11 is 0. The normalized spacial score (nSPS) is 12.3. The molecule has 0 radical (unpaired) electrons. The molecule has 0 fully saturated rings. The van der Waals surface area contributed by atoms with Crippen LogP contribution in [0.25, 0.3) is 0 Å². The Balaban J connectivity index is 2.93. The fourth-order valence-corrected chi connectivity index (χ4v) is 1.17. The third kappa shape index (κ3) is 2.92. The van der Waals surface area contributed by atoms with E-state index in [1.165, 1.54) is 18.2 Å². The summed E-state index contributed by atoms with van der Waals surface area (Å²) in [6.07, 6.45) is 0. The van der Waals surface area contributed by atoms with E-state index in [0.29, 0.717) is 0 Å². The SMILES string of the molecule is CC(C)(O)C(C)(C)NC(=O)c1ccc(O)c(O)c1. The zero-order valence-electron chi connectivity index (χ0n) is 11.0. The number of amides is 1. The monoisotopic (exact) mass is 253 g/mol. The highest BCUT2D eigenvalue weighted by Crippen LogP contribution is 2.26. The van der Waals surface area contributed by atoms with E-state index < -0.39 is 17.0 Å². The Morgan fingerprint density at radius 1 is 1.11 bits per heavy atom. The van der Waals surface area contributed by atoms with Gasteiger partial charge >= 0.3 is 0 Å². The number of rotatable bonds is 3. The maximum absolute atomic E-state index is 12.0. The van der Waals surface area contributed by atoms with Crippen LogP contribution in [0, 0.1) is 0 Å². The summed E-state index contributed by atoms with van der Waals surface area (Å²) in [5.41, 5.74) is -1.72. The second kappa shape index (κ2) is 4.49. The molecule has 1 amide bonds. The third-order valence-corrected chi connectivity index (χ3v) is 3.19. The first-order valence-corrected chi connectivity index (χ1v) is 5.61. The van der Waals surface area contributed by atoms with Gasteiger partial charge < -0.3 is 20.6 Å². The van der Waals surface area contributed by atoms with Crippen LogP contribution in [0.3, 0.4) is 0 Å². The van der Waals surface area contributed by atoms with Crippen LogP contribution >= 0.6 is 0 Å². The Morgan fingerprint density at radius 3 is 2.11 bits per heavy atom. The van der Waals surface area contributed by atoms with Crippen LogP contribution in [-0.2, 0) is 0 Å². The van der Waals surface area contributed by atoms with Crippen LogP contribution in [0.4, 0.5) is 0 Å². The standard InChI is InChI=1S/C13H19NO4/c1-12(2,13(3,4)18)14-11(17)8-5-6-9(15)10(16)7-8/h5-7,15-16,18H,1-4H3,(H,14,17). The Bertz CT molecular complexity index is 461. The van der Waals surface area contributed by atoms with Crippen LogP contribution in [0.5, 0.6) is 11.5 Å². The van der Waals surface area contributed by atoms with Crippen molar-refractivity contribution >= 4 is 5.91 Å². The highest BCUT2D eigenvalue weighted by molar-refractivity contribution is 5.95. The summed E-state index contributed by atoms with van der Waals surface area (Å²) in [7, 11) is 0. The fraction of sp³-hybridized carbons (Fsp3) is 0.462. The molecular weight excluding hydrogens is 234 g/mol. The van der Waals surface area contributed by atoms with Gasteiger partial charge in [-0.25, -0.2) is 0 Å². The minimum absolute atomic E-state index is 0.211. The lowest BCUT2D eigenvalue weighted by atomic mass is 9.85. The second-order valence-corrected chi connectivity index (χ2v) is 5.34. The molecule has 0 saturated heterocycles. The topological polar surface area (TPSA) is 89.8 Å². The van der Waals surface area contributed by atoms with Gasteiger partial charge in [0.1, 0.15) is 0 Å². The van der Waals surface area contributed by atoms with E-state index in [1.807, 2.05) is 0 Å². The number of carbonyl (C=O) groups excluding carboxylic acids is 1. The van der Waals surface area contributed by atoms with Gasteiger partial charge in [-0.05, 0) is 45.9 Å². The quantitative estimate of drug-likeness (QED) is 0.613. The van der Waals surface area contributed by atoms with Gasteiger partial charge in [0, 0.05) is 5.56 Å². The van der Waals surface area contributed by atoms with E-state index in [-0.39, 0.29) is 17.1 Å². The first-order chi connectivity index (χ1) is 8.04. The second-order valence-electron chi connectivity index (χ2n) is 5.34. The maximum Gasteiger partial charge on any atom is 0.251 e. The molecule has 0 bridgehead atoms. The number of aliphatic hydroxyl groups is 1. The average molecular weight is 253 g/mol. The summed E-state index contributed by atoms with van der Waals surface area (Å²) < 4.78 is 0. The molecule has 4 N–H and O–H groups in total. The Morgan fingerprint density at radius 2 is 1.67 bits per heavy atom. The number of nitrogens with one attached hydrogen (secondary N) is 1. The third-order valence-electron chi connectivity index (χ3n) is 3.19. The molecule has 18 heavy (non-hydrogen) atoms. The van der Waals surface area contributed by atoms with E-state index in [4.69, 9.17) is 5.11 Å². The molecule has 1 aromatic carbocycles. The molecule has 100 valence electrons. The van der Waals surface area contributed by atoms with Crippen molar-refractivity contribution in [3.8, 4) is 11.5 Å². The molecule has 0 spiro atoms. The first-order valence-electron chi connectivity index (χ1n) is 5.61. The molecule has 0 atom stereocenters. The summed E-state index contributed by atoms with van der Waals surface area (Å²) in [5, 5.41) is 31.1. The number of phenolic OH excluding ortho intramolecular Hbond substituents is 2. The predicted octanol–water partition coefficient (Wildman–Crippen LogP) is 1.38. The molecule has 0 aromatic heterocycles. The van der Waals surface area contributed by atoms with E-state index in [9.17, 15) is 15.0 Å². The molecule has 1 aromatic rings. The number of hydrogen-bond donors (Lipinski definition) is 4. The van der Waals surface area contributed by atoms with Gasteiger partial charge in [0.15, 0.2) is 11.5 Å². The highest BCUT2D eigenvalue weighted by Gasteiger charge is 2.36. The summed E-state index contributed by atoms with van der Waals surface area (Å²) in [5.74, 6) is -1.07. The van der Waals surface area contributed by atoms with Gasteiger partial charge in [-0.1, -0.05) is 0 Å². The molecule has 0 saturated carbocycles. The average Bonchev–Trinajstić information content (AvgIpc) is 2.19. The number of phenols is 2. The summed E-state index contributed by atoms with van der Waals surface area (Å²) in [4.78, 5) is 12.0. The first kappa shape index (κ1) is 14.3. The predicted molar refractivity (Wildman–Crippen MR) is 67.6 cm³/mol. The molecule has 1 rings (SSSR count). The summed E-state index contributed by atoms with van der Waals surface area (Å²) in [6, 6.07) is 3.80. The number of carbonyl (C=O) groups is 1. The van der Waals surface area contributed by atoms with Crippen molar-refractivity contribution in [1.82, 2.24) is 5.32 Å². The fourth-order valence-electron chi connectivity index (χ4n) is 1.17. The maximum atomic E-state index is 12.0. The van der Waals surface area contributed by atoms with Gasteiger partial charge in [0.2, 0.25) is 0 Å². The van der Waals surface area contributed by atoms with Crippen molar-refractivity contribution in [2.45, 2.75) is 38.8 Å². The van der Waals surface area contributed by atoms with E-state index >= 15 is 0 Å². The number of aromatic hydroxyl groups is 2. The van der Waals surface area contributed by atoms with Gasteiger partial charge in [-0.2, -0.15) is 0 Å². The zero-order valence-corrected chi connectivity index (χ0v) is 11.0. The molecule has 5 heteroatoms. The van der Waals surface area contributed by atoms with Crippen LogP contribution in [0.15, 0.2) is 18.2 Å². The van der Waals surface area contributed by atoms with Gasteiger partial charge in [0.25, 0.3) is 5.91 Å². The van der Waals surface area contributed by atoms with Crippen molar-refractivity contribution in [2.75, 3.05) is 0 Å². The lowest BCUT2D eigenvalue weighted by Gasteiger charge is -2.38. The molecule has 0 aliphatic carbocycles. The van der Waals surface area contributed by atoms with E-state index in [1.54, 1.807) is 27.7 Å². The van der Waals surface area contributed by atoms with Crippen molar-refractivity contribution in [3.63, 3.8) is 0 Å². The number of benzene rings is 1. The Labute approximate surface area is 106 Å². The molecule has 0 aliphatic heterocycles. The number of hydrogen-bond acceptors (Lipinski definition) is 4. The minimum atomic E-state index is -1.10. The van der Waals surface area contributed by atoms with Crippen LogP contribution in [0.2, 0.25) is 0 Å². The zero-order chi connectivity index (χ0) is 14.1. The van der Waals surface area contributed by atoms with Crippen molar-refractivity contribution in [3.05, 3.63) is 23.8 Å². The molecule has 0 unspecified atom stereocenters. The van der Waals surface area contributed by atoms with Gasteiger partial charge in [0.05, 0.1) is 11.1 Å². The largest absolute Gasteiger partial charge is 0.504 e. The smallest absolute Gasteiger partial charge is 0.251 e. The molecular formula is C13H19NO4. The van der Waals surface area contributed by atoms with Crippen molar-refractivity contribution in [1.29, 1.82) is 0 Å². The highest BCUT2D eigenvalue weighted by atomic mass is 16.3. The lowest BCUT2D eigenvalue weighted by Crippen LogP contribution is -2.57. The van der Waals surface area contributed by atoms with E-state index in [2.05, 4.69) is 5.32 Å². The summed E-state index contributed by atoms with van der Waals surface area (Å²) in [6.45, 7) is 6.60. The van der Waals surface area contributed by atoms with Crippen LogP contribution < -0.4 is 5.32 Å². The van der Waals surface area contributed by atoms with Crippen LogP contribution in [-0.4, -0.2) is 32.4 Å². The molecule has 0 aliphatic rings. The van der Waals surface area contributed by atoms with E-state index in [0.717, 1.165) is 0 Å². The Hall–Kier alpha value is -1.75.